The average molecular weight is 227 g/mol. The molecule has 0 aromatic heterocycles. The molecule has 0 radical (unpaired) electrons. The van der Waals surface area contributed by atoms with Crippen molar-refractivity contribution in [2.24, 2.45) is 0 Å². The van der Waals surface area contributed by atoms with E-state index in [1.807, 2.05) is 0 Å². The number of carbonyl (C=O) groups is 2. The monoisotopic (exact) mass is 226 g/mol. The Kier molecular flexibility index (Phi) is 3.48. The zero-order chi connectivity index (χ0) is 11.5. The van der Waals surface area contributed by atoms with E-state index in [-0.39, 0.29) is 0 Å². The van der Waals surface area contributed by atoms with E-state index in [2.05, 4.69) is 0 Å². The second kappa shape index (κ2) is 4.45. The minimum atomic E-state index is -1.41. The lowest BCUT2D eigenvalue weighted by molar-refractivity contribution is -0.161. The van der Waals surface area contributed by atoms with Gasteiger partial charge in [0, 0.05) is 12.5 Å². The van der Waals surface area contributed by atoms with E-state index < -0.39 is 16.8 Å². The van der Waals surface area contributed by atoms with Crippen LogP contribution in [0.3, 0.4) is 0 Å². The van der Waals surface area contributed by atoms with Crippen LogP contribution in [0.25, 0.3) is 0 Å². The van der Waals surface area contributed by atoms with Gasteiger partial charge in [-0.05, 0) is 18.5 Å². The van der Waals surface area contributed by atoms with Gasteiger partial charge in [0.1, 0.15) is 0 Å². The fourth-order valence-corrected chi connectivity index (χ4v) is 1.40. The smallest absolute Gasteiger partial charge is 0.304 e. The standard InChI is InChI=1S/C11H11ClO3/c1-8(13)15-11(2,10(12)14)9-6-4-3-5-7-9/h3-7H,1-2H3/t11-/m1/s1. The van der Waals surface area contributed by atoms with Gasteiger partial charge >= 0.3 is 5.97 Å². The van der Waals surface area contributed by atoms with Crippen LogP contribution in [0.15, 0.2) is 30.3 Å². The lowest BCUT2D eigenvalue weighted by atomic mass is 9.97. The Morgan fingerprint density at radius 1 is 1.27 bits per heavy atom. The maximum Gasteiger partial charge on any atom is 0.304 e. The topological polar surface area (TPSA) is 43.4 Å². The summed E-state index contributed by atoms with van der Waals surface area (Å²) in [6, 6.07) is 8.66. The van der Waals surface area contributed by atoms with Crippen molar-refractivity contribution in [2.75, 3.05) is 0 Å². The highest BCUT2D eigenvalue weighted by molar-refractivity contribution is 6.65. The van der Waals surface area contributed by atoms with E-state index in [1.54, 1.807) is 30.3 Å². The number of hydrogen-bond acceptors (Lipinski definition) is 3. The van der Waals surface area contributed by atoms with E-state index in [0.717, 1.165) is 0 Å². The van der Waals surface area contributed by atoms with Gasteiger partial charge in [-0.3, -0.25) is 9.59 Å². The first-order valence-corrected chi connectivity index (χ1v) is 4.79. The Morgan fingerprint density at radius 3 is 2.20 bits per heavy atom. The zero-order valence-corrected chi connectivity index (χ0v) is 9.25. The molecule has 0 spiro atoms. The van der Waals surface area contributed by atoms with Gasteiger partial charge in [-0.25, -0.2) is 0 Å². The highest BCUT2D eigenvalue weighted by Gasteiger charge is 2.37. The molecule has 1 aromatic rings. The summed E-state index contributed by atoms with van der Waals surface area (Å²) >= 11 is 5.45. The van der Waals surface area contributed by atoms with Gasteiger partial charge in [0.15, 0.2) is 0 Å². The fourth-order valence-electron chi connectivity index (χ4n) is 1.26. The highest BCUT2D eigenvalue weighted by Crippen LogP contribution is 2.28. The molecule has 4 heteroatoms. The second-order valence-corrected chi connectivity index (χ2v) is 3.61. The lowest BCUT2D eigenvalue weighted by Gasteiger charge is -2.25. The van der Waals surface area contributed by atoms with Gasteiger partial charge in [0.2, 0.25) is 5.60 Å². The van der Waals surface area contributed by atoms with Gasteiger partial charge in [0.05, 0.1) is 0 Å². The molecular formula is C11H11ClO3. The van der Waals surface area contributed by atoms with Crippen molar-refractivity contribution in [1.82, 2.24) is 0 Å². The van der Waals surface area contributed by atoms with Crippen molar-refractivity contribution in [1.29, 1.82) is 0 Å². The van der Waals surface area contributed by atoms with Crippen LogP contribution in [0, 0.1) is 0 Å². The van der Waals surface area contributed by atoms with Crippen molar-refractivity contribution in [3.63, 3.8) is 0 Å². The third-order valence-electron chi connectivity index (χ3n) is 2.05. The molecule has 0 amide bonds. The van der Waals surface area contributed by atoms with Gasteiger partial charge in [-0.1, -0.05) is 30.3 Å². The van der Waals surface area contributed by atoms with Crippen molar-refractivity contribution < 1.29 is 14.3 Å². The summed E-state index contributed by atoms with van der Waals surface area (Å²) in [7, 11) is 0. The molecule has 3 nitrogen and oxygen atoms in total. The van der Waals surface area contributed by atoms with E-state index in [4.69, 9.17) is 16.3 Å². The van der Waals surface area contributed by atoms with Gasteiger partial charge < -0.3 is 4.74 Å². The molecule has 1 atom stereocenters. The maximum absolute atomic E-state index is 11.3. The molecule has 15 heavy (non-hydrogen) atoms. The van der Waals surface area contributed by atoms with Crippen LogP contribution in [0.4, 0.5) is 0 Å². The molecule has 0 heterocycles. The molecule has 0 unspecified atom stereocenters. The van der Waals surface area contributed by atoms with Crippen LogP contribution in [-0.4, -0.2) is 11.2 Å². The highest BCUT2D eigenvalue weighted by atomic mass is 35.5. The van der Waals surface area contributed by atoms with Crippen LogP contribution < -0.4 is 0 Å². The number of halogens is 1. The molecule has 0 aliphatic carbocycles. The van der Waals surface area contributed by atoms with E-state index in [1.165, 1.54) is 13.8 Å². The SMILES string of the molecule is CC(=O)O[C@@](C)(C(=O)Cl)c1ccccc1. The summed E-state index contributed by atoms with van der Waals surface area (Å²) in [6.45, 7) is 2.71. The number of benzene rings is 1. The Balaban J connectivity index is 3.13. The van der Waals surface area contributed by atoms with E-state index in [9.17, 15) is 9.59 Å². The molecule has 0 bridgehead atoms. The van der Waals surface area contributed by atoms with E-state index >= 15 is 0 Å². The third kappa shape index (κ3) is 2.57. The Morgan fingerprint density at radius 2 is 1.80 bits per heavy atom. The minimum Gasteiger partial charge on any atom is -0.445 e. The molecule has 0 saturated carbocycles. The Labute approximate surface area is 93.0 Å². The van der Waals surface area contributed by atoms with Crippen molar-refractivity contribution in [3.8, 4) is 0 Å². The molecule has 0 fully saturated rings. The molecule has 1 rings (SSSR count). The summed E-state index contributed by atoms with van der Waals surface area (Å²) in [5.41, 5.74) is -0.852. The molecular weight excluding hydrogens is 216 g/mol. The summed E-state index contributed by atoms with van der Waals surface area (Å²) < 4.78 is 4.96. The van der Waals surface area contributed by atoms with Crippen LogP contribution in [0.5, 0.6) is 0 Å². The largest absolute Gasteiger partial charge is 0.445 e. The molecule has 80 valence electrons. The van der Waals surface area contributed by atoms with Gasteiger partial charge in [-0.2, -0.15) is 0 Å². The third-order valence-corrected chi connectivity index (χ3v) is 2.41. The molecule has 0 aliphatic heterocycles. The van der Waals surface area contributed by atoms with Crippen LogP contribution in [0.1, 0.15) is 19.4 Å². The number of hydrogen-bond donors (Lipinski definition) is 0. The predicted octanol–water partition coefficient (Wildman–Crippen LogP) is 2.23. The first-order chi connectivity index (χ1) is 6.97. The molecule has 0 aliphatic rings. The van der Waals surface area contributed by atoms with Crippen molar-refractivity contribution in [2.45, 2.75) is 19.4 Å². The van der Waals surface area contributed by atoms with Crippen LogP contribution >= 0.6 is 11.6 Å². The summed E-state index contributed by atoms with van der Waals surface area (Å²) in [5.74, 6) is -0.546. The maximum atomic E-state index is 11.3. The van der Waals surface area contributed by atoms with Crippen LogP contribution in [-0.2, 0) is 19.9 Å². The van der Waals surface area contributed by atoms with Crippen molar-refractivity contribution >= 4 is 22.8 Å². The second-order valence-electron chi connectivity index (χ2n) is 3.27. The van der Waals surface area contributed by atoms with Gasteiger partial charge in [-0.15, -0.1) is 0 Å². The Hall–Kier alpha value is -1.35. The normalized spacial score (nSPS) is 14.1. The average Bonchev–Trinajstić information content (AvgIpc) is 2.17. The van der Waals surface area contributed by atoms with E-state index in [0.29, 0.717) is 5.56 Å². The van der Waals surface area contributed by atoms with Crippen molar-refractivity contribution in [3.05, 3.63) is 35.9 Å². The number of ether oxygens (including phenoxy) is 1. The number of esters is 1. The molecule has 1 aromatic carbocycles. The first-order valence-electron chi connectivity index (χ1n) is 4.42. The minimum absolute atomic E-state index is 0.546. The van der Waals surface area contributed by atoms with Crippen LogP contribution in [0.2, 0.25) is 0 Å². The fraction of sp³-hybridized carbons (Fsp3) is 0.273. The quantitative estimate of drug-likeness (QED) is 0.586. The molecule has 0 saturated heterocycles. The summed E-state index contributed by atoms with van der Waals surface area (Å²) in [4.78, 5) is 22.2. The predicted molar refractivity (Wildman–Crippen MR) is 56.4 cm³/mol. The molecule has 0 N–H and O–H groups in total. The Bertz CT molecular complexity index is 375. The number of carbonyl (C=O) groups excluding carboxylic acids is 2. The summed E-state index contributed by atoms with van der Waals surface area (Å²) in [5, 5.41) is -0.719. The first kappa shape index (κ1) is 11.7. The lowest BCUT2D eigenvalue weighted by Crippen LogP contribution is -2.34. The van der Waals surface area contributed by atoms with Gasteiger partial charge in [0.25, 0.3) is 5.24 Å². The summed E-state index contributed by atoms with van der Waals surface area (Å²) in [6.07, 6.45) is 0. The zero-order valence-electron chi connectivity index (χ0n) is 8.49. The number of rotatable bonds is 3.